The predicted octanol–water partition coefficient (Wildman–Crippen LogP) is 3.39. The van der Waals surface area contributed by atoms with Crippen LogP contribution in [0.5, 0.6) is 0 Å². The summed E-state index contributed by atoms with van der Waals surface area (Å²) in [7, 11) is 2.03. The van der Waals surface area contributed by atoms with Gasteiger partial charge in [-0.15, -0.1) is 0 Å². The van der Waals surface area contributed by atoms with Gasteiger partial charge in [0.25, 0.3) is 0 Å². The molecule has 18 heavy (non-hydrogen) atoms. The Kier molecular flexibility index (Phi) is 4.94. The van der Waals surface area contributed by atoms with Gasteiger partial charge in [-0.05, 0) is 76.8 Å². The highest BCUT2D eigenvalue weighted by Gasteiger charge is 2.17. The maximum Gasteiger partial charge on any atom is 0.0320 e. The van der Waals surface area contributed by atoms with Crippen molar-refractivity contribution in [2.75, 3.05) is 7.05 Å². The van der Waals surface area contributed by atoms with E-state index in [-0.39, 0.29) is 5.54 Å². The molecule has 2 heteroatoms. The molecule has 0 aliphatic rings. The third-order valence-electron chi connectivity index (χ3n) is 3.68. The van der Waals surface area contributed by atoms with Gasteiger partial charge in [-0.3, -0.25) is 0 Å². The molecule has 0 aromatic heterocycles. The first-order valence-electron chi connectivity index (χ1n) is 6.78. The van der Waals surface area contributed by atoms with E-state index in [1.807, 2.05) is 7.05 Å². The van der Waals surface area contributed by atoms with Crippen LogP contribution in [-0.2, 0) is 0 Å². The second-order valence-electron chi connectivity index (χ2n) is 6.16. The Morgan fingerprint density at radius 3 is 2.17 bits per heavy atom. The second kappa shape index (κ2) is 5.85. The van der Waals surface area contributed by atoms with Crippen LogP contribution in [0.2, 0.25) is 0 Å². The molecule has 0 bridgehead atoms. The van der Waals surface area contributed by atoms with E-state index in [4.69, 9.17) is 5.73 Å². The van der Waals surface area contributed by atoms with E-state index in [9.17, 15) is 0 Å². The molecule has 0 spiro atoms. The largest absolute Gasteiger partial charge is 0.326 e. The number of hydrogen-bond donors (Lipinski definition) is 2. The summed E-state index contributed by atoms with van der Waals surface area (Å²) in [6.07, 6.45) is 2.09. The zero-order chi connectivity index (χ0) is 13.9. The first kappa shape index (κ1) is 15.2. The molecule has 0 aliphatic heterocycles. The molecule has 1 aromatic rings. The Morgan fingerprint density at radius 1 is 1.11 bits per heavy atom. The summed E-state index contributed by atoms with van der Waals surface area (Å²) in [5.41, 5.74) is 11.5. The van der Waals surface area contributed by atoms with Gasteiger partial charge in [-0.2, -0.15) is 0 Å². The number of nitrogens with two attached hydrogens (primary N) is 1. The maximum atomic E-state index is 6.08. The Hall–Kier alpha value is -0.860. The van der Waals surface area contributed by atoms with Crippen LogP contribution in [0, 0.1) is 20.8 Å². The van der Waals surface area contributed by atoms with E-state index in [1.54, 1.807) is 0 Å². The van der Waals surface area contributed by atoms with Crippen molar-refractivity contribution < 1.29 is 0 Å². The number of benzene rings is 1. The lowest BCUT2D eigenvalue weighted by molar-refractivity contribution is 0.410. The van der Waals surface area contributed by atoms with E-state index in [0.717, 1.165) is 12.8 Å². The van der Waals surface area contributed by atoms with E-state index in [0.29, 0.717) is 6.04 Å². The average Bonchev–Trinajstić information content (AvgIpc) is 2.24. The number of hydrogen-bond acceptors (Lipinski definition) is 2. The van der Waals surface area contributed by atoms with Crippen molar-refractivity contribution in [2.24, 2.45) is 5.73 Å². The van der Waals surface area contributed by atoms with Crippen molar-refractivity contribution in [3.63, 3.8) is 0 Å². The van der Waals surface area contributed by atoms with Gasteiger partial charge in [0, 0.05) is 11.6 Å². The van der Waals surface area contributed by atoms with Crippen molar-refractivity contribution in [3.05, 3.63) is 34.4 Å². The van der Waals surface area contributed by atoms with Crippen LogP contribution >= 0.6 is 0 Å². The summed E-state index contributed by atoms with van der Waals surface area (Å²) < 4.78 is 0. The van der Waals surface area contributed by atoms with Crippen LogP contribution in [0.15, 0.2) is 12.1 Å². The standard InChI is InChI=1S/C16H28N2/c1-11-9-13(3)14(10-12(11)2)15(18-6)7-8-16(4,5)17/h9-10,15,18H,7-8,17H2,1-6H3. The van der Waals surface area contributed by atoms with Gasteiger partial charge in [0.2, 0.25) is 0 Å². The van der Waals surface area contributed by atoms with Gasteiger partial charge in [-0.25, -0.2) is 0 Å². The number of aryl methyl sites for hydroxylation is 3. The van der Waals surface area contributed by atoms with Crippen LogP contribution in [0.4, 0.5) is 0 Å². The molecule has 0 radical (unpaired) electrons. The summed E-state index contributed by atoms with van der Waals surface area (Å²) in [4.78, 5) is 0. The SMILES string of the molecule is CNC(CCC(C)(C)N)c1cc(C)c(C)cc1C. The lowest BCUT2D eigenvalue weighted by Gasteiger charge is -2.25. The highest BCUT2D eigenvalue weighted by molar-refractivity contribution is 5.38. The minimum absolute atomic E-state index is 0.0945. The third kappa shape index (κ3) is 4.11. The lowest BCUT2D eigenvalue weighted by Crippen LogP contribution is -2.33. The molecule has 102 valence electrons. The number of rotatable bonds is 5. The quantitative estimate of drug-likeness (QED) is 0.838. The van der Waals surface area contributed by atoms with Crippen molar-refractivity contribution in [1.82, 2.24) is 5.32 Å². The van der Waals surface area contributed by atoms with Crippen LogP contribution < -0.4 is 11.1 Å². The van der Waals surface area contributed by atoms with Crippen molar-refractivity contribution in [3.8, 4) is 0 Å². The zero-order valence-corrected chi connectivity index (χ0v) is 12.7. The molecule has 0 saturated carbocycles. The normalized spacial score (nSPS) is 13.7. The van der Waals surface area contributed by atoms with Gasteiger partial charge in [-0.1, -0.05) is 12.1 Å². The van der Waals surface area contributed by atoms with E-state index in [2.05, 4.69) is 52.1 Å². The Labute approximate surface area is 112 Å². The van der Waals surface area contributed by atoms with Gasteiger partial charge in [0.15, 0.2) is 0 Å². The molecule has 1 unspecified atom stereocenters. The summed E-state index contributed by atoms with van der Waals surface area (Å²) in [5, 5.41) is 3.42. The summed E-state index contributed by atoms with van der Waals surface area (Å²) in [5.74, 6) is 0. The van der Waals surface area contributed by atoms with E-state index >= 15 is 0 Å². The molecular formula is C16H28N2. The van der Waals surface area contributed by atoms with Gasteiger partial charge >= 0.3 is 0 Å². The first-order valence-corrected chi connectivity index (χ1v) is 6.78. The third-order valence-corrected chi connectivity index (χ3v) is 3.68. The molecule has 0 fully saturated rings. The van der Waals surface area contributed by atoms with E-state index in [1.165, 1.54) is 22.3 Å². The molecule has 1 atom stereocenters. The summed E-state index contributed by atoms with van der Waals surface area (Å²) >= 11 is 0. The lowest BCUT2D eigenvalue weighted by atomic mass is 9.90. The Bertz CT molecular complexity index is 402. The zero-order valence-electron chi connectivity index (χ0n) is 12.7. The van der Waals surface area contributed by atoms with Crippen LogP contribution in [0.3, 0.4) is 0 Å². The molecule has 1 rings (SSSR count). The van der Waals surface area contributed by atoms with Gasteiger partial charge in [0.05, 0.1) is 0 Å². The first-order chi connectivity index (χ1) is 8.24. The Balaban J connectivity index is 2.92. The molecule has 2 nitrogen and oxygen atoms in total. The molecule has 3 N–H and O–H groups in total. The van der Waals surface area contributed by atoms with Crippen molar-refractivity contribution in [1.29, 1.82) is 0 Å². The summed E-state index contributed by atoms with van der Waals surface area (Å²) in [6.45, 7) is 10.7. The van der Waals surface area contributed by atoms with E-state index < -0.39 is 0 Å². The molecule has 0 heterocycles. The maximum absolute atomic E-state index is 6.08. The average molecular weight is 248 g/mol. The number of nitrogens with one attached hydrogen (secondary N) is 1. The highest BCUT2D eigenvalue weighted by atomic mass is 14.9. The van der Waals surface area contributed by atoms with Crippen LogP contribution in [-0.4, -0.2) is 12.6 Å². The topological polar surface area (TPSA) is 38.0 Å². The Morgan fingerprint density at radius 2 is 1.67 bits per heavy atom. The molecule has 0 amide bonds. The fourth-order valence-electron chi connectivity index (χ4n) is 2.33. The van der Waals surface area contributed by atoms with Crippen LogP contribution in [0.25, 0.3) is 0 Å². The monoisotopic (exact) mass is 248 g/mol. The molecular weight excluding hydrogens is 220 g/mol. The fourth-order valence-corrected chi connectivity index (χ4v) is 2.33. The fraction of sp³-hybridized carbons (Fsp3) is 0.625. The van der Waals surface area contributed by atoms with Crippen LogP contribution in [0.1, 0.15) is 55.0 Å². The minimum Gasteiger partial charge on any atom is -0.326 e. The second-order valence-corrected chi connectivity index (χ2v) is 6.16. The summed E-state index contributed by atoms with van der Waals surface area (Å²) in [6, 6.07) is 4.99. The molecule has 0 aliphatic carbocycles. The smallest absolute Gasteiger partial charge is 0.0320 e. The minimum atomic E-state index is -0.0945. The molecule has 0 saturated heterocycles. The highest BCUT2D eigenvalue weighted by Crippen LogP contribution is 2.26. The predicted molar refractivity (Wildman–Crippen MR) is 80.0 cm³/mol. The van der Waals surface area contributed by atoms with Crippen molar-refractivity contribution >= 4 is 0 Å². The molecule has 1 aromatic carbocycles. The van der Waals surface area contributed by atoms with Gasteiger partial charge in [0.1, 0.15) is 0 Å². The van der Waals surface area contributed by atoms with Crippen molar-refractivity contribution in [2.45, 2.75) is 59.0 Å². The van der Waals surface area contributed by atoms with Gasteiger partial charge < -0.3 is 11.1 Å².